The van der Waals surface area contributed by atoms with Crippen LogP contribution in [-0.4, -0.2) is 0 Å². The van der Waals surface area contributed by atoms with Gasteiger partial charge in [-0.1, -0.05) is 109 Å². The molecule has 0 saturated heterocycles. The molecular formula is C42H26S2. The van der Waals surface area contributed by atoms with E-state index in [0.717, 1.165) is 0 Å². The minimum Gasteiger partial charge on any atom is -0.144 e. The zero-order valence-electron chi connectivity index (χ0n) is 23.8. The molecule has 0 nitrogen and oxygen atoms in total. The van der Waals surface area contributed by atoms with E-state index in [-0.39, 0.29) is 23.7 Å². The molecule has 0 fully saturated rings. The first-order valence-corrected chi connectivity index (χ1v) is 17.3. The van der Waals surface area contributed by atoms with Crippen molar-refractivity contribution in [2.75, 3.05) is 0 Å². The second-order valence-electron chi connectivity index (χ2n) is 12.6. The Labute approximate surface area is 264 Å². The zero-order chi connectivity index (χ0) is 28.5. The van der Waals surface area contributed by atoms with E-state index in [2.05, 4.69) is 132 Å². The summed E-state index contributed by atoms with van der Waals surface area (Å²) in [5.41, 5.74) is 21.1. The van der Waals surface area contributed by atoms with E-state index in [1.165, 1.54) is 65.4 Å². The lowest BCUT2D eigenvalue weighted by Crippen LogP contribution is -2.34. The molecule has 2 heterocycles. The molecule has 0 N–H and O–H groups in total. The van der Waals surface area contributed by atoms with Crippen molar-refractivity contribution in [1.29, 1.82) is 0 Å². The molecule has 13 rings (SSSR count). The molecule has 0 aliphatic heterocycles. The maximum atomic E-state index is 2.41. The fourth-order valence-electron chi connectivity index (χ4n) is 9.46. The van der Waals surface area contributed by atoms with E-state index >= 15 is 0 Å². The van der Waals surface area contributed by atoms with Gasteiger partial charge < -0.3 is 0 Å². The zero-order valence-corrected chi connectivity index (χ0v) is 25.5. The molecule has 0 saturated carbocycles. The van der Waals surface area contributed by atoms with Crippen molar-refractivity contribution in [2.45, 2.75) is 23.7 Å². The Balaban J connectivity index is 1.39. The normalized spacial score (nSPS) is 20.7. The second kappa shape index (κ2) is 8.57. The summed E-state index contributed by atoms with van der Waals surface area (Å²) in [6.45, 7) is 0. The molecule has 44 heavy (non-hydrogen) atoms. The van der Waals surface area contributed by atoms with E-state index in [1.54, 1.807) is 22.3 Å². The van der Waals surface area contributed by atoms with Crippen LogP contribution in [0.1, 0.15) is 90.4 Å². The highest BCUT2D eigenvalue weighted by molar-refractivity contribution is 7.14. The number of hydrogen-bond donors (Lipinski definition) is 0. The van der Waals surface area contributed by atoms with Crippen LogP contribution in [0.15, 0.2) is 132 Å². The third-order valence-electron chi connectivity index (χ3n) is 10.8. The molecule has 2 aromatic heterocycles. The van der Waals surface area contributed by atoms with Crippen molar-refractivity contribution in [3.8, 4) is 20.9 Å². The highest BCUT2D eigenvalue weighted by atomic mass is 32.1. The van der Waals surface area contributed by atoms with Gasteiger partial charge in [-0.3, -0.25) is 0 Å². The van der Waals surface area contributed by atoms with Crippen LogP contribution in [0.2, 0.25) is 0 Å². The van der Waals surface area contributed by atoms with Gasteiger partial charge >= 0.3 is 0 Å². The first-order chi connectivity index (χ1) is 21.9. The second-order valence-corrected chi connectivity index (χ2v) is 14.5. The standard InChI is InChI=1S/C42H26S2/c1-2-12-24-23(11-1)33-25-13-3-4-14-26(25)34(24)40-38(32-20-10-22-44-32)42-36-29-17-7-5-15-27(29)35(28-16-6-8-18-30(28)36)41(42)37(39(33)40)31-19-9-21-43-31/h1-22,33-36H. The van der Waals surface area contributed by atoms with Gasteiger partial charge in [0.1, 0.15) is 0 Å². The van der Waals surface area contributed by atoms with Gasteiger partial charge in [0, 0.05) is 44.6 Å². The van der Waals surface area contributed by atoms with Crippen LogP contribution in [0.3, 0.4) is 0 Å². The van der Waals surface area contributed by atoms with Crippen molar-refractivity contribution in [2.24, 2.45) is 0 Å². The molecule has 4 bridgehead atoms. The maximum Gasteiger partial charge on any atom is 0.0356 e. The van der Waals surface area contributed by atoms with Gasteiger partial charge in [-0.2, -0.15) is 0 Å². The van der Waals surface area contributed by atoms with Gasteiger partial charge in [0.15, 0.2) is 0 Å². The number of benzene rings is 5. The summed E-state index contributed by atoms with van der Waals surface area (Å²) in [6.07, 6.45) is 0. The predicted octanol–water partition coefficient (Wildman–Crippen LogP) is 11.1. The molecule has 0 unspecified atom stereocenters. The largest absolute Gasteiger partial charge is 0.144 e. The van der Waals surface area contributed by atoms with Crippen LogP contribution >= 0.6 is 22.7 Å². The molecule has 206 valence electrons. The van der Waals surface area contributed by atoms with Crippen LogP contribution < -0.4 is 0 Å². The highest BCUT2D eigenvalue weighted by Gasteiger charge is 2.51. The Bertz CT molecular complexity index is 1920. The lowest BCUT2D eigenvalue weighted by atomic mass is 9.53. The summed E-state index contributed by atoms with van der Waals surface area (Å²) in [5.74, 6) is 0.868. The van der Waals surface area contributed by atoms with Crippen molar-refractivity contribution >= 4 is 22.7 Å². The Morgan fingerprint density at radius 2 is 0.545 bits per heavy atom. The first kappa shape index (κ1) is 23.9. The Hall–Kier alpha value is -4.50. The van der Waals surface area contributed by atoms with Crippen LogP contribution in [0.4, 0.5) is 0 Å². The smallest absolute Gasteiger partial charge is 0.0356 e. The van der Waals surface area contributed by atoms with Crippen molar-refractivity contribution < 1.29 is 0 Å². The van der Waals surface area contributed by atoms with Gasteiger partial charge in [0.05, 0.1) is 0 Å². The average molecular weight is 595 g/mol. The fraction of sp³-hybridized carbons (Fsp3) is 0.0952. The molecule has 0 amide bonds. The monoisotopic (exact) mass is 594 g/mol. The molecule has 7 aromatic rings. The first-order valence-electron chi connectivity index (χ1n) is 15.6. The van der Waals surface area contributed by atoms with E-state index in [0.29, 0.717) is 0 Å². The lowest BCUT2D eigenvalue weighted by molar-refractivity contribution is 0.723. The van der Waals surface area contributed by atoms with Crippen molar-refractivity contribution in [1.82, 2.24) is 0 Å². The molecule has 2 heteroatoms. The summed E-state index contributed by atoms with van der Waals surface area (Å²) in [7, 11) is 0. The van der Waals surface area contributed by atoms with Gasteiger partial charge in [0.25, 0.3) is 0 Å². The highest BCUT2D eigenvalue weighted by Crippen LogP contribution is 2.67. The summed E-state index contributed by atoms with van der Waals surface area (Å²) in [5, 5.41) is 4.54. The minimum absolute atomic E-state index is 0.217. The van der Waals surface area contributed by atoms with Crippen LogP contribution in [0.5, 0.6) is 0 Å². The van der Waals surface area contributed by atoms with Crippen molar-refractivity contribution in [3.63, 3.8) is 0 Å². The fourth-order valence-corrected chi connectivity index (χ4v) is 11.1. The Kier molecular flexibility index (Phi) is 4.65. The van der Waals surface area contributed by atoms with Gasteiger partial charge in [-0.05, 0) is 89.7 Å². The molecule has 6 aliphatic carbocycles. The quantitative estimate of drug-likeness (QED) is 0.187. The molecular weight excluding hydrogens is 569 g/mol. The summed E-state index contributed by atoms with van der Waals surface area (Å²) in [6, 6.07) is 46.5. The molecule has 6 aliphatic rings. The Morgan fingerprint density at radius 3 is 0.750 bits per heavy atom. The Morgan fingerprint density at radius 1 is 0.295 bits per heavy atom. The van der Waals surface area contributed by atoms with E-state index in [1.807, 2.05) is 22.7 Å². The van der Waals surface area contributed by atoms with Crippen LogP contribution in [-0.2, 0) is 0 Å². The van der Waals surface area contributed by atoms with Crippen molar-refractivity contribution in [3.05, 3.63) is 199 Å². The van der Waals surface area contributed by atoms with E-state index in [9.17, 15) is 0 Å². The molecule has 0 radical (unpaired) electrons. The number of hydrogen-bond acceptors (Lipinski definition) is 2. The maximum absolute atomic E-state index is 2.41. The summed E-state index contributed by atoms with van der Waals surface area (Å²) >= 11 is 3.82. The average Bonchev–Trinajstić information content (AvgIpc) is 3.82. The topological polar surface area (TPSA) is 0 Å². The summed E-state index contributed by atoms with van der Waals surface area (Å²) in [4.78, 5) is 2.81. The predicted molar refractivity (Wildman–Crippen MR) is 183 cm³/mol. The van der Waals surface area contributed by atoms with Crippen LogP contribution in [0, 0.1) is 0 Å². The molecule has 0 atom stereocenters. The van der Waals surface area contributed by atoms with E-state index in [4.69, 9.17) is 0 Å². The van der Waals surface area contributed by atoms with Gasteiger partial charge in [-0.15, -0.1) is 22.7 Å². The molecule has 5 aromatic carbocycles. The number of rotatable bonds is 2. The third-order valence-corrected chi connectivity index (χ3v) is 12.6. The van der Waals surface area contributed by atoms with Gasteiger partial charge in [0.2, 0.25) is 0 Å². The molecule has 0 spiro atoms. The third kappa shape index (κ3) is 2.80. The SMILES string of the molecule is c1csc(-c2c3c(c(-c4cccs4)c4c2C2c5ccccc5C4c4ccccc42)C2c4ccccc4C3c3ccccc32)c1. The minimum atomic E-state index is 0.217. The number of thiophene rings is 2. The van der Waals surface area contributed by atoms with E-state index < -0.39 is 0 Å². The van der Waals surface area contributed by atoms with Gasteiger partial charge in [-0.25, -0.2) is 0 Å². The summed E-state index contributed by atoms with van der Waals surface area (Å²) < 4.78 is 0. The van der Waals surface area contributed by atoms with Crippen LogP contribution in [0.25, 0.3) is 20.9 Å². The lowest BCUT2D eigenvalue weighted by Gasteiger charge is -2.49.